The van der Waals surface area contributed by atoms with Gasteiger partial charge in [-0.2, -0.15) is 0 Å². The predicted octanol–water partition coefficient (Wildman–Crippen LogP) is 16.3. The number of rotatable bonds is 4. The molecule has 286 valence electrons. The molecule has 14 rings (SSSR count). The molecule has 0 saturated heterocycles. The van der Waals surface area contributed by atoms with E-state index in [0.29, 0.717) is 0 Å². The second-order valence-electron chi connectivity index (χ2n) is 16.9. The Morgan fingerprint density at radius 1 is 0.242 bits per heavy atom. The van der Waals surface area contributed by atoms with Crippen LogP contribution in [0.15, 0.2) is 218 Å². The summed E-state index contributed by atoms with van der Waals surface area (Å²) in [6, 6.07) is 81.1. The van der Waals surface area contributed by atoms with E-state index >= 15 is 0 Å². The van der Waals surface area contributed by atoms with Gasteiger partial charge in [0.05, 0.1) is 22.1 Å². The lowest BCUT2D eigenvalue weighted by atomic mass is 9.96. The van der Waals surface area contributed by atoms with Crippen molar-refractivity contribution in [2.24, 2.45) is 0 Å². The van der Waals surface area contributed by atoms with Crippen LogP contribution in [-0.4, -0.2) is 9.13 Å². The number of nitrogens with zero attached hydrogens (tertiary/aromatic N) is 2. The van der Waals surface area contributed by atoms with Crippen molar-refractivity contribution in [3.63, 3.8) is 0 Å². The summed E-state index contributed by atoms with van der Waals surface area (Å²) in [5.41, 5.74) is 17.3. The Hall–Kier alpha value is -8.20. The zero-order chi connectivity index (χ0) is 40.5. The SMILES string of the molecule is c1ccc(-n2c3ccc(-c4ccc5c(c4)c4ccc6ccccc6c4n5-c4cccc(-c5cc6c7c(cccc7c5)-c5ccccc5-6)c4)cc3c3ccc4ccccc4c32)cc1. The molecule has 2 heterocycles. The normalized spacial score (nSPS) is 12.2. The molecule has 62 heavy (non-hydrogen) atoms. The van der Waals surface area contributed by atoms with Gasteiger partial charge in [-0.1, -0.05) is 158 Å². The zero-order valence-corrected chi connectivity index (χ0v) is 33.7. The molecule has 0 saturated carbocycles. The van der Waals surface area contributed by atoms with Crippen LogP contribution in [0.2, 0.25) is 0 Å². The highest BCUT2D eigenvalue weighted by Gasteiger charge is 2.23. The first kappa shape index (κ1) is 33.6. The quantitative estimate of drug-likeness (QED) is 0.168. The van der Waals surface area contributed by atoms with Crippen LogP contribution < -0.4 is 0 Å². The van der Waals surface area contributed by atoms with Gasteiger partial charge in [0.2, 0.25) is 0 Å². The molecule has 1 aliphatic carbocycles. The van der Waals surface area contributed by atoms with Gasteiger partial charge in [-0.15, -0.1) is 0 Å². The van der Waals surface area contributed by atoms with Crippen LogP contribution in [0.1, 0.15) is 0 Å². The summed E-state index contributed by atoms with van der Waals surface area (Å²) < 4.78 is 4.94. The van der Waals surface area contributed by atoms with Crippen molar-refractivity contribution < 1.29 is 0 Å². The van der Waals surface area contributed by atoms with Gasteiger partial charge in [0, 0.05) is 43.7 Å². The molecular formula is C60H36N2. The van der Waals surface area contributed by atoms with Crippen LogP contribution in [0.25, 0.3) is 132 Å². The number of benzene rings is 11. The van der Waals surface area contributed by atoms with E-state index in [2.05, 4.69) is 228 Å². The van der Waals surface area contributed by atoms with E-state index in [4.69, 9.17) is 0 Å². The summed E-state index contributed by atoms with van der Waals surface area (Å²) in [5, 5.41) is 12.6. The van der Waals surface area contributed by atoms with Gasteiger partial charge in [-0.25, -0.2) is 0 Å². The molecule has 2 heteroatoms. The maximum atomic E-state index is 2.50. The lowest BCUT2D eigenvalue weighted by Gasteiger charge is -2.13. The average molecular weight is 785 g/mol. The largest absolute Gasteiger partial charge is 0.309 e. The minimum Gasteiger partial charge on any atom is -0.309 e. The van der Waals surface area contributed by atoms with Gasteiger partial charge in [-0.05, 0) is 127 Å². The fraction of sp³-hybridized carbons (Fsp3) is 0. The Balaban J connectivity index is 0.969. The Morgan fingerprint density at radius 3 is 1.44 bits per heavy atom. The summed E-state index contributed by atoms with van der Waals surface area (Å²) in [4.78, 5) is 0. The topological polar surface area (TPSA) is 9.86 Å². The highest BCUT2D eigenvalue weighted by atomic mass is 15.0. The highest BCUT2D eigenvalue weighted by Crippen LogP contribution is 2.49. The maximum Gasteiger partial charge on any atom is 0.0619 e. The van der Waals surface area contributed by atoms with Crippen LogP contribution >= 0.6 is 0 Å². The van der Waals surface area contributed by atoms with E-state index in [1.165, 1.54) is 126 Å². The van der Waals surface area contributed by atoms with Gasteiger partial charge in [0.25, 0.3) is 0 Å². The van der Waals surface area contributed by atoms with E-state index in [1.54, 1.807) is 0 Å². The summed E-state index contributed by atoms with van der Waals surface area (Å²) >= 11 is 0. The standard InChI is InChI=1S/C60H36N2/c1-2-16-44(17-3-1)61-56-30-26-40(34-53(56)51-28-24-37-12-4-6-19-46(37)59(51)61)41-27-31-57-54(35-41)52-29-25-38-13-5-7-20-47(38)60(52)62(57)45-18-10-14-39(33-45)43-32-42-15-11-23-50-48-21-8-9-22-49(48)55(36-43)58(42)50/h1-36H. The third kappa shape index (κ3) is 4.69. The smallest absolute Gasteiger partial charge is 0.0619 e. The molecule has 13 aromatic rings. The van der Waals surface area contributed by atoms with Crippen molar-refractivity contribution in [3.05, 3.63) is 218 Å². The number of aromatic nitrogens is 2. The Morgan fingerprint density at radius 2 is 0.758 bits per heavy atom. The molecule has 2 aromatic heterocycles. The fourth-order valence-electron chi connectivity index (χ4n) is 10.8. The minimum atomic E-state index is 1.15. The molecule has 2 nitrogen and oxygen atoms in total. The number of para-hydroxylation sites is 1. The molecule has 0 amide bonds. The molecule has 0 unspecified atom stereocenters. The molecule has 0 radical (unpaired) electrons. The first-order valence-electron chi connectivity index (χ1n) is 21.5. The van der Waals surface area contributed by atoms with Gasteiger partial charge < -0.3 is 9.13 Å². The highest BCUT2D eigenvalue weighted by molar-refractivity contribution is 6.21. The molecule has 11 aromatic carbocycles. The molecule has 0 atom stereocenters. The molecule has 1 aliphatic rings. The van der Waals surface area contributed by atoms with Gasteiger partial charge in [0.15, 0.2) is 0 Å². The second kappa shape index (κ2) is 12.7. The molecule has 0 aliphatic heterocycles. The molecule has 0 fully saturated rings. The minimum absolute atomic E-state index is 1.15. The van der Waals surface area contributed by atoms with Crippen LogP contribution in [0.4, 0.5) is 0 Å². The molecule has 0 N–H and O–H groups in total. The van der Waals surface area contributed by atoms with Gasteiger partial charge >= 0.3 is 0 Å². The summed E-state index contributed by atoms with van der Waals surface area (Å²) in [5.74, 6) is 0. The van der Waals surface area contributed by atoms with E-state index in [1.807, 2.05) is 0 Å². The lowest BCUT2D eigenvalue weighted by Crippen LogP contribution is -1.95. The molecule has 0 bridgehead atoms. The number of hydrogen-bond donors (Lipinski definition) is 0. The van der Waals surface area contributed by atoms with Crippen molar-refractivity contribution >= 4 is 75.9 Å². The average Bonchev–Trinajstić information content (AvgIpc) is 3.98. The monoisotopic (exact) mass is 784 g/mol. The van der Waals surface area contributed by atoms with E-state index in [-0.39, 0.29) is 0 Å². The predicted molar refractivity (Wildman–Crippen MR) is 263 cm³/mol. The fourth-order valence-corrected chi connectivity index (χ4v) is 10.8. The Bertz CT molecular complexity index is 4030. The molecular weight excluding hydrogens is 749 g/mol. The summed E-state index contributed by atoms with van der Waals surface area (Å²) in [7, 11) is 0. The van der Waals surface area contributed by atoms with E-state index in [9.17, 15) is 0 Å². The first-order valence-corrected chi connectivity index (χ1v) is 21.5. The van der Waals surface area contributed by atoms with Crippen LogP contribution in [-0.2, 0) is 0 Å². The van der Waals surface area contributed by atoms with Crippen molar-refractivity contribution in [1.29, 1.82) is 0 Å². The molecule has 0 spiro atoms. The third-order valence-electron chi connectivity index (χ3n) is 13.6. The summed E-state index contributed by atoms with van der Waals surface area (Å²) in [6.07, 6.45) is 0. The summed E-state index contributed by atoms with van der Waals surface area (Å²) in [6.45, 7) is 0. The Kier molecular flexibility index (Phi) is 6.86. The van der Waals surface area contributed by atoms with Gasteiger partial charge in [0.1, 0.15) is 0 Å². The van der Waals surface area contributed by atoms with Crippen molar-refractivity contribution in [2.45, 2.75) is 0 Å². The van der Waals surface area contributed by atoms with Crippen LogP contribution in [0, 0.1) is 0 Å². The van der Waals surface area contributed by atoms with Gasteiger partial charge in [-0.3, -0.25) is 0 Å². The van der Waals surface area contributed by atoms with Crippen LogP contribution in [0.3, 0.4) is 0 Å². The van der Waals surface area contributed by atoms with Crippen molar-refractivity contribution in [3.8, 4) is 55.9 Å². The van der Waals surface area contributed by atoms with Crippen LogP contribution in [0.5, 0.6) is 0 Å². The second-order valence-corrected chi connectivity index (χ2v) is 16.9. The zero-order valence-electron chi connectivity index (χ0n) is 33.7. The first-order chi connectivity index (χ1) is 30.7. The number of hydrogen-bond acceptors (Lipinski definition) is 0. The van der Waals surface area contributed by atoms with E-state index in [0.717, 1.165) is 5.69 Å². The number of fused-ring (bicyclic) bond motifs is 13. The van der Waals surface area contributed by atoms with Crippen molar-refractivity contribution in [1.82, 2.24) is 9.13 Å². The van der Waals surface area contributed by atoms with E-state index < -0.39 is 0 Å². The van der Waals surface area contributed by atoms with Crippen molar-refractivity contribution in [2.75, 3.05) is 0 Å². The maximum absolute atomic E-state index is 2.50. The Labute approximate surface area is 357 Å². The lowest BCUT2D eigenvalue weighted by molar-refractivity contribution is 1.19. The third-order valence-corrected chi connectivity index (χ3v) is 13.6.